The fourth-order valence-corrected chi connectivity index (χ4v) is 2.58. The van der Waals surface area contributed by atoms with E-state index in [4.69, 9.17) is 12.2 Å². The topological polar surface area (TPSA) is 56.4 Å². The van der Waals surface area contributed by atoms with Gasteiger partial charge in [-0.05, 0) is 61.0 Å². The minimum Gasteiger partial charge on any atom is -0.378 e. The second-order valence-electron chi connectivity index (χ2n) is 6.28. The van der Waals surface area contributed by atoms with E-state index in [0.717, 1.165) is 17.8 Å². The zero-order valence-corrected chi connectivity index (χ0v) is 16.3. The lowest BCUT2D eigenvalue weighted by molar-refractivity contribution is 0.0944. The molecule has 0 atom stereocenters. The van der Waals surface area contributed by atoms with E-state index < -0.39 is 0 Å². The zero-order chi connectivity index (χ0) is 18.9. The van der Waals surface area contributed by atoms with E-state index in [1.54, 1.807) is 6.07 Å². The van der Waals surface area contributed by atoms with Crippen LogP contribution in [0.15, 0.2) is 48.5 Å². The fraction of sp³-hybridized carbons (Fsp3) is 0.300. The summed E-state index contributed by atoms with van der Waals surface area (Å²) in [6, 6.07) is 15.5. The van der Waals surface area contributed by atoms with Crippen LogP contribution in [0.4, 0.5) is 11.4 Å². The van der Waals surface area contributed by atoms with Crippen molar-refractivity contribution in [2.75, 3.05) is 24.3 Å². The molecule has 0 saturated carbocycles. The van der Waals surface area contributed by atoms with Crippen LogP contribution < -0.4 is 21.1 Å². The van der Waals surface area contributed by atoms with E-state index in [1.807, 2.05) is 49.3 Å². The lowest BCUT2D eigenvalue weighted by atomic mass is 10.1. The summed E-state index contributed by atoms with van der Waals surface area (Å²) < 4.78 is 0. The Morgan fingerprint density at radius 2 is 1.81 bits per heavy atom. The van der Waals surface area contributed by atoms with Crippen molar-refractivity contribution in [2.45, 2.75) is 26.2 Å². The molecule has 138 valence electrons. The van der Waals surface area contributed by atoms with Crippen molar-refractivity contribution in [3.63, 3.8) is 0 Å². The van der Waals surface area contributed by atoms with Crippen LogP contribution >= 0.6 is 12.2 Å². The fourth-order valence-electron chi connectivity index (χ4n) is 2.41. The molecule has 2 aromatic rings. The summed E-state index contributed by atoms with van der Waals surface area (Å²) >= 11 is 5.23. The van der Waals surface area contributed by atoms with Gasteiger partial charge in [0, 0.05) is 31.0 Å². The third-order valence-corrected chi connectivity index (χ3v) is 4.15. The molecule has 5 nitrogen and oxygen atoms in total. The van der Waals surface area contributed by atoms with Gasteiger partial charge in [0.1, 0.15) is 0 Å². The molecule has 2 aromatic carbocycles. The number of thiocarbonyl (C=S) groups is 1. The van der Waals surface area contributed by atoms with E-state index in [-0.39, 0.29) is 5.91 Å². The van der Waals surface area contributed by atoms with Crippen LogP contribution in [0.3, 0.4) is 0 Å². The standard InChI is InChI=1S/C20H26N4OS/c1-4-5-7-15-10-12-17(13-11-15)21-20(26)23-22-19(25)16-8-6-9-18(14-16)24(2)3/h6,8-14H,4-5,7H2,1-3H3,(H,22,25)(H2,21,23,26). The number of nitrogens with one attached hydrogen (secondary N) is 3. The Balaban J connectivity index is 1.84. The maximum Gasteiger partial charge on any atom is 0.269 e. The van der Waals surface area contributed by atoms with Crippen LogP contribution in [-0.2, 0) is 6.42 Å². The largest absolute Gasteiger partial charge is 0.378 e. The predicted molar refractivity (Wildman–Crippen MR) is 113 cm³/mol. The quantitative estimate of drug-likeness (QED) is 0.534. The smallest absolute Gasteiger partial charge is 0.269 e. The number of hydrazine groups is 1. The molecule has 26 heavy (non-hydrogen) atoms. The molecule has 0 heterocycles. The SMILES string of the molecule is CCCCc1ccc(NC(=S)NNC(=O)c2cccc(N(C)C)c2)cc1. The zero-order valence-electron chi connectivity index (χ0n) is 15.5. The third-order valence-electron chi connectivity index (χ3n) is 3.95. The van der Waals surface area contributed by atoms with Crippen LogP contribution in [-0.4, -0.2) is 25.1 Å². The summed E-state index contributed by atoms with van der Waals surface area (Å²) in [6.45, 7) is 2.19. The number of benzene rings is 2. The minimum absolute atomic E-state index is 0.243. The molecule has 0 aliphatic carbocycles. The molecule has 3 N–H and O–H groups in total. The lowest BCUT2D eigenvalue weighted by Gasteiger charge is -2.14. The number of hydrogen-bond acceptors (Lipinski definition) is 3. The second kappa shape index (κ2) is 9.77. The second-order valence-corrected chi connectivity index (χ2v) is 6.69. The Morgan fingerprint density at radius 3 is 2.46 bits per heavy atom. The summed E-state index contributed by atoms with van der Waals surface area (Å²) in [7, 11) is 3.86. The molecule has 0 fully saturated rings. The Bertz CT molecular complexity index is 744. The van der Waals surface area contributed by atoms with E-state index >= 15 is 0 Å². The molecule has 0 spiro atoms. The van der Waals surface area contributed by atoms with E-state index in [1.165, 1.54) is 18.4 Å². The van der Waals surface area contributed by atoms with Gasteiger partial charge in [-0.25, -0.2) is 0 Å². The molecule has 1 amide bonds. The summed E-state index contributed by atoms with van der Waals surface area (Å²) in [6.07, 6.45) is 3.46. The Hall–Kier alpha value is -2.60. The van der Waals surface area contributed by atoms with Crippen LogP contribution in [0.1, 0.15) is 35.7 Å². The number of carbonyl (C=O) groups excluding carboxylic acids is 1. The van der Waals surface area contributed by atoms with Gasteiger partial charge in [0.15, 0.2) is 5.11 Å². The van der Waals surface area contributed by atoms with Crippen molar-refractivity contribution < 1.29 is 4.79 Å². The number of amides is 1. The first-order valence-corrected chi connectivity index (χ1v) is 9.14. The van der Waals surface area contributed by atoms with Gasteiger partial charge in [0.25, 0.3) is 5.91 Å². The highest BCUT2D eigenvalue weighted by atomic mass is 32.1. The Labute approximate surface area is 160 Å². The molecular formula is C20H26N4OS. The number of nitrogens with zero attached hydrogens (tertiary/aromatic N) is 1. The lowest BCUT2D eigenvalue weighted by Crippen LogP contribution is -2.43. The van der Waals surface area contributed by atoms with Gasteiger partial charge in [0.2, 0.25) is 0 Å². The molecule has 0 saturated heterocycles. The van der Waals surface area contributed by atoms with Crippen LogP contribution in [0.25, 0.3) is 0 Å². The van der Waals surface area contributed by atoms with Gasteiger partial charge < -0.3 is 10.2 Å². The first-order valence-electron chi connectivity index (χ1n) is 8.73. The monoisotopic (exact) mass is 370 g/mol. The molecule has 0 aliphatic rings. The normalized spacial score (nSPS) is 10.1. The summed E-state index contributed by atoms with van der Waals surface area (Å²) in [5.74, 6) is -0.243. The van der Waals surface area contributed by atoms with Crippen molar-refractivity contribution in [1.82, 2.24) is 10.9 Å². The highest BCUT2D eigenvalue weighted by molar-refractivity contribution is 7.80. The molecule has 0 radical (unpaired) electrons. The number of aryl methyl sites for hydroxylation is 1. The minimum atomic E-state index is -0.243. The van der Waals surface area contributed by atoms with Crippen molar-refractivity contribution in [3.8, 4) is 0 Å². The van der Waals surface area contributed by atoms with E-state index in [9.17, 15) is 4.79 Å². The van der Waals surface area contributed by atoms with Crippen LogP contribution in [0.2, 0.25) is 0 Å². The van der Waals surface area contributed by atoms with Gasteiger partial charge in [0.05, 0.1) is 0 Å². The van der Waals surface area contributed by atoms with E-state index in [2.05, 4.69) is 35.2 Å². The summed E-state index contributed by atoms with van der Waals surface area (Å²) in [5, 5.41) is 3.40. The van der Waals surface area contributed by atoms with Gasteiger partial charge in [-0.1, -0.05) is 31.5 Å². The molecule has 0 bridgehead atoms. The Kier molecular flexibility index (Phi) is 7.41. The number of carbonyl (C=O) groups is 1. The Morgan fingerprint density at radius 1 is 1.08 bits per heavy atom. The third kappa shape index (κ3) is 6.04. The maximum absolute atomic E-state index is 12.2. The van der Waals surface area contributed by atoms with Crippen molar-refractivity contribution in [1.29, 1.82) is 0 Å². The summed E-state index contributed by atoms with van der Waals surface area (Å²) in [4.78, 5) is 14.2. The van der Waals surface area contributed by atoms with E-state index in [0.29, 0.717) is 10.7 Å². The number of hydrogen-bond donors (Lipinski definition) is 3. The molecule has 0 unspecified atom stereocenters. The van der Waals surface area contributed by atoms with Gasteiger partial charge in [-0.15, -0.1) is 0 Å². The van der Waals surface area contributed by atoms with Gasteiger partial charge in [-0.3, -0.25) is 15.6 Å². The highest BCUT2D eigenvalue weighted by Gasteiger charge is 2.07. The average Bonchev–Trinajstić information content (AvgIpc) is 2.65. The van der Waals surface area contributed by atoms with Crippen molar-refractivity contribution >= 4 is 34.6 Å². The van der Waals surface area contributed by atoms with Crippen LogP contribution in [0.5, 0.6) is 0 Å². The van der Waals surface area contributed by atoms with Crippen LogP contribution in [0, 0.1) is 0 Å². The van der Waals surface area contributed by atoms with Gasteiger partial charge >= 0.3 is 0 Å². The van der Waals surface area contributed by atoms with Gasteiger partial charge in [-0.2, -0.15) is 0 Å². The first kappa shape index (κ1) is 19.7. The number of rotatable bonds is 6. The average molecular weight is 371 g/mol. The highest BCUT2D eigenvalue weighted by Crippen LogP contribution is 2.13. The predicted octanol–water partition coefficient (Wildman–Crippen LogP) is 3.73. The maximum atomic E-state index is 12.2. The number of anilines is 2. The summed E-state index contributed by atoms with van der Waals surface area (Å²) in [5.41, 5.74) is 9.06. The molecule has 2 rings (SSSR count). The molecule has 0 aromatic heterocycles. The molecular weight excluding hydrogens is 344 g/mol. The first-order chi connectivity index (χ1) is 12.5. The number of unbranched alkanes of at least 4 members (excludes halogenated alkanes) is 1. The molecule has 6 heteroatoms. The molecule has 0 aliphatic heterocycles. The van der Waals surface area contributed by atoms with Crippen molar-refractivity contribution in [2.24, 2.45) is 0 Å². The van der Waals surface area contributed by atoms with Crippen molar-refractivity contribution in [3.05, 3.63) is 59.7 Å².